The second-order valence-electron chi connectivity index (χ2n) is 6.19. The molecule has 0 spiro atoms. The van der Waals surface area contributed by atoms with Crippen LogP contribution in [-0.2, 0) is 0 Å². The van der Waals surface area contributed by atoms with Crippen LogP contribution in [0.1, 0.15) is 22.8 Å². The molecule has 1 saturated heterocycles. The lowest BCUT2D eigenvalue weighted by Gasteiger charge is -2.33. The van der Waals surface area contributed by atoms with E-state index in [0.717, 1.165) is 0 Å². The molecule has 10 heteroatoms. The number of carboxylic acid groups (broad SMARTS) is 1. The zero-order valence-corrected chi connectivity index (χ0v) is 14.2. The van der Waals surface area contributed by atoms with Crippen LogP contribution >= 0.6 is 0 Å². The zero-order valence-electron chi connectivity index (χ0n) is 14.2. The van der Waals surface area contributed by atoms with Gasteiger partial charge in [0.15, 0.2) is 5.82 Å². The van der Waals surface area contributed by atoms with Crippen molar-refractivity contribution in [3.8, 4) is 6.07 Å². The number of amides is 2. The van der Waals surface area contributed by atoms with Crippen molar-refractivity contribution in [2.24, 2.45) is 11.7 Å². The summed E-state index contributed by atoms with van der Waals surface area (Å²) in [7, 11) is 0. The maximum atomic E-state index is 13.1. The highest BCUT2D eigenvalue weighted by molar-refractivity contribution is 5.98. The van der Waals surface area contributed by atoms with Crippen LogP contribution in [0.15, 0.2) is 30.5 Å². The minimum atomic E-state index is -1.08. The van der Waals surface area contributed by atoms with Gasteiger partial charge in [-0.25, -0.2) is 9.18 Å². The van der Waals surface area contributed by atoms with Gasteiger partial charge in [-0.15, -0.1) is 0 Å². The van der Waals surface area contributed by atoms with Gasteiger partial charge in [0.2, 0.25) is 0 Å². The number of nitrogens with zero attached hydrogens (tertiary/aromatic N) is 4. The Kier molecular flexibility index (Phi) is 4.94. The fourth-order valence-corrected chi connectivity index (χ4v) is 3.06. The van der Waals surface area contributed by atoms with Crippen LogP contribution in [0, 0.1) is 23.1 Å². The number of halogens is 1. The molecule has 1 aromatic carbocycles. The number of nitriles is 1. The number of carbonyl (C=O) groups is 2. The predicted molar refractivity (Wildman–Crippen MR) is 92.8 cm³/mol. The smallest absolute Gasteiger partial charge is 0.407 e. The van der Waals surface area contributed by atoms with E-state index >= 15 is 0 Å². The maximum absolute atomic E-state index is 13.1. The van der Waals surface area contributed by atoms with Crippen molar-refractivity contribution in [1.29, 1.82) is 5.26 Å². The van der Waals surface area contributed by atoms with Gasteiger partial charge in [-0.1, -0.05) is 0 Å². The maximum Gasteiger partial charge on any atom is 0.407 e. The molecule has 2 aromatic rings. The summed E-state index contributed by atoms with van der Waals surface area (Å²) in [5.41, 5.74) is 6.06. The molecule has 0 radical (unpaired) electrons. The first kappa shape index (κ1) is 18.2. The molecule has 9 nitrogen and oxygen atoms in total. The van der Waals surface area contributed by atoms with Crippen LogP contribution < -0.4 is 11.1 Å². The number of carbonyl (C=O) groups excluding carboxylic acids is 1. The molecule has 2 amide bonds. The number of hydrogen-bond donors (Lipinski definition) is 3. The van der Waals surface area contributed by atoms with E-state index in [-0.39, 0.29) is 24.5 Å². The first-order chi connectivity index (χ1) is 12.9. The van der Waals surface area contributed by atoms with E-state index in [1.54, 1.807) is 0 Å². The van der Waals surface area contributed by atoms with Gasteiger partial charge in [-0.05, 0) is 30.7 Å². The average molecular weight is 372 g/mol. The number of rotatable bonds is 4. The van der Waals surface area contributed by atoms with Gasteiger partial charge in [0.25, 0.3) is 5.91 Å². The Hall–Kier alpha value is -3.61. The first-order valence-electron chi connectivity index (χ1n) is 8.18. The second kappa shape index (κ2) is 7.33. The monoisotopic (exact) mass is 372 g/mol. The molecule has 0 bridgehead atoms. The van der Waals surface area contributed by atoms with Crippen LogP contribution in [0.4, 0.5) is 20.7 Å². The normalized spacial score (nSPS) is 19.3. The predicted octanol–water partition coefficient (Wildman–Crippen LogP) is 1.93. The van der Waals surface area contributed by atoms with Crippen molar-refractivity contribution in [3.63, 3.8) is 0 Å². The summed E-state index contributed by atoms with van der Waals surface area (Å²) in [5, 5.41) is 25.8. The van der Waals surface area contributed by atoms with E-state index in [9.17, 15) is 19.2 Å². The Morgan fingerprint density at radius 2 is 2.07 bits per heavy atom. The summed E-state index contributed by atoms with van der Waals surface area (Å²) in [4.78, 5) is 24.1. The number of hydrogen-bond acceptors (Lipinski definition) is 5. The van der Waals surface area contributed by atoms with Crippen molar-refractivity contribution in [2.45, 2.75) is 12.5 Å². The van der Waals surface area contributed by atoms with E-state index in [1.807, 2.05) is 0 Å². The van der Waals surface area contributed by atoms with Crippen molar-refractivity contribution >= 4 is 23.5 Å². The van der Waals surface area contributed by atoms with Gasteiger partial charge < -0.3 is 21.1 Å². The number of benzene rings is 1. The average Bonchev–Trinajstić information content (AvgIpc) is 3.07. The van der Waals surface area contributed by atoms with Gasteiger partial charge in [0.1, 0.15) is 11.4 Å². The quantitative estimate of drug-likeness (QED) is 0.750. The van der Waals surface area contributed by atoms with Gasteiger partial charge in [-0.3, -0.25) is 9.48 Å². The van der Waals surface area contributed by atoms with Crippen molar-refractivity contribution in [3.05, 3.63) is 41.8 Å². The molecule has 1 aromatic heterocycles. The summed E-state index contributed by atoms with van der Waals surface area (Å²) in [6.45, 7) is 0.313. The highest BCUT2D eigenvalue weighted by atomic mass is 19.1. The number of piperidine rings is 1. The third kappa shape index (κ3) is 3.82. The highest BCUT2D eigenvalue weighted by Gasteiger charge is 2.34. The summed E-state index contributed by atoms with van der Waals surface area (Å²) in [5.74, 6) is -1.54. The van der Waals surface area contributed by atoms with Gasteiger partial charge >= 0.3 is 6.09 Å². The van der Waals surface area contributed by atoms with Crippen LogP contribution in [0.5, 0.6) is 0 Å². The topological polar surface area (TPSA) is 137 Å². The molecular formula is C17H17FN6O3. The molecule has 1 aliphatic rings. The molecule has 0 unspecified atom stereocenters. The van der Waals surface area contributed by atoms with Gasteiger partial charge in [0, 0.05) is 25.0 Å². The molecule has 140 valence electrons. The molecule has 2 heterocycles. The Labute approximate surface area is 153 Å². The Morgan fingerprint density at radius 1 is 1.37 bits per heavy atom. The van der Waals surface area contributed by atoms with Crippen LogP contribution in [-0.4, -0.2) is 44.9 Å². The summed E-state index contributed by atoms with van der Waals surface area (Å²) < 4.78 is 14.5. The van der Waals surface area contributed by atoms with Crippen LogP contribution in [0.3, 0.4) is 0 Å². The number of nitrogens with one attached hydrogen (secondary N) is 1. The number of nitrogens with two attached hydrogens (primary N) is 1. The lowest BCUT2D eigenvalue weighted by Crippen LogP contribution is -2.43. The molecule has 0 aliphatic carbocycles. The summed E-state index contributed by atoms with van der Waals surface area (Å²) in [6.07, 6.45) is 0.741. The second-order valence-corrected chi connectivity index (χ2v) is 6.19. The van der Waals surface area contributed by atoms with Crippen molar-refractivity contribution in [1.82, 2.24) is 14.7 Å². The van der Waals surface area contributed by atoms with Crippen LogP contribution in [0.2, 0.25) is 0 Å². The number of primary amides is 1. The minimum absolute atomic E-state index is 0.0585. The van der Waals surface area contributed by atoms with Gasteiger partial charge in [-0.2, -0.15) is 10.4 Å². The molecular weight excluding hydrogens is 355 g/mol. The SMILES string of the molecule is N#C[C@H]1CN(C(=O)O)CC[C@H]1n1cc(C(N)=O)c(Nc2ccc(F)cc2)n1. The fourth-order valence-electron chi connectivity index (χ4n) is 3.06. The highest BCUT2D eigenvalue weighted by Crippen LogP contribution is 2.30. The van der Waals surface area contributed by atoms with Gasteiger partial charge in [0.05, 0.1) is 18.0 Å². The minimum Gasteiger partial charge on any atom is -0.465 e. The number of anilines is 2. The molecule has 1 fully saturated rings. The number of likely N-dealkylation sites (tertiary alicyclic amines) is 1. The third-order valence-electron chi connectivity index (χ3n) is 4.46. The van der Waals surface area contributed by atoms with E-state index < -0.39 is 29.8 Å². The molecule has 4 N–H and O–H groups in total. The van der Waals surface area contributed by atoms with E-state index in [4.69, 9.17) is 10.8 Å². The standard InChI is InChI=1S/C17H17FN6O3/c18-11-1-3-12(4-2-11)21-16-13(15(20)25)9-24(22-16)14-5-6-23(17(26)27)8-10(14)7-19/h1-4,9-10,14H,5-6,8H2,(H2,20,25)(H,21,22)(H,26,27)/t10-,14+/m0/s1. The lowest BCUT2D eigenvalue weighted by atomic mass is 9.94. The molecule has 2 atom stereocenters. The van der Waals surface area contributed by atoms with E-state index in [0.29, 0.717) is 12.1 Å². The lowest BCUT2D eigenvalue weighted by molar-refractivity contribution is 0.100. The Bertz CT molecular complexity index is 904. The van der Waals surface area contributed by atoms with Crippen molar-refractivity contribution in [2.75, 3.05) is 18.4 Å². The fraction of sp³-hybridized carbons (Fsp3) is 0.294. The molecule has 27 heavy (non-hydrogen) atoms. The third-order valence-corrected chi connectivity index (χ3v) is 4.46. The number of aromatic nitrogens is 2. The summed E-state index contributed by atoms with van der Waals surface area (Å²) >= 11 is 0. The summed E-state index contributed by atoms with van der Waals surface area (Å²) in [6, 6.07) is 7.21. The van der Waals surface area contributed by atoms with Crippen molar-refractivity contribution < 1.29 is 19.1 Å². The van der Waals surface area contributed by atoms with E-state index in [1.165, 1.54) is 40.0 Å². The largest absolute Gasteiger partial charge is 0.465 e. The first-order valence-corrected chi connectivity index (χ1v) is 8.18. The molecule has 3 rings (SSSR count). The zero-order chi connectivity index (χ0) is 19.6. The molecule has 0 saturated carbocycles. The van der Waals surface area contributed by atoms with Crippen LogP contribution in [0.25, 0.3) is 0 Å². The molecule has 1 aliphatic heterocycles. The van der Waals surface area contributed by atoms with E-state index in [2.05, 4.69) is 16.5 Å². The Balaban J connectivity index is 1.88. The Morgan fingerprint density at radius 3 is 2.67 bits per heavy atom.